The third-order valence-corrected chi connectivity index (χ3v) is 7.97. The van der Waals surface area contributed by atoms with Crippen molar-refractivity contribution in [2.75, 3.05) is 32.5 Å². The van der Waals surface area contributed by atoms with E-state index in [9.17, 15) is 14.3 Å². The Labute approximate surface area is 214 Å². The van der Waals surface area contributed by atoms with E-state index in [0.717, 1.165) is 36.6 Å². The highest BCUT2D eigenvalue weighted by molar-refractivity contribution is 7.99. The Morgan fingerprint density at radius 1 is 1.25 bits per heavy atom. The van der Waals surface area contributed by atoms with Crippen molar-refractivity contribution in [1.82, 2.24) is 14.9 Å². The van der Waals surface area contributed by atoms with Gasteiger partial charge in [0.25, 0.3) is 0 Å². The zero-order valence-electron chi connectivity index (χ0n) is 20.3. The average Bonchev–Trinajstić information content (AvgIpc) is 2.88. The molecule has 9 heteroatoms. The normalized spacial score (nSPS) is 16.6. The summed E-state index contributed by atoms with van der Waals surface area (Å²) in [6, 6.07) is 10.8. The first-order valence-electron chi connectivity index (χ1n) is 12.1. The van der Waals surface area contributed by atoms with Crippen LogP contribution in [0.25, 0.3) is 10.9 Å². The van der Waals surface area contributed by atoms with Gasteiger partial charge < -0.3 is 14.7 Å². The Morgan fingerprint density at radius 2 is 2.06 bits per heavy atom. The van der Waals surface area contributed by atoms with Gasteiger partial charge in [0.15, 0.2) is 0 Å². The number of hydrogen-bond donors (Lipinski definition) is 1. The number of pyridine rings is 2. The molecule has 2 aromatic heterocycles. The van der Waals surface area contributed by atoms with Crippen LogP contribution in [0, 0.1) is 11.2 Å². The van der Waals surface area contributed by atoms with E-state index in [-0.39, 0.29) is 18.4 Å². The van der Waals surface area contributed by atoms with Crippen LogP contribution < -0.4 is 4.74 Å². The number of alkyl halides is 1. The van der Waals surface area contributed by atoms with Gasteiger partial charge in [0, 0.05) is 29.4 Å². The van der Waals surface area contributed by atoms with E-state index in [2.05, 4.69) is 14.9 Å². The number of rotatable bonds is 11. The van der Waals surface area contributed by atoms with Crippen LogP contribution in [-0.2, 0) is 4.79 Å². The zero-order valence-corrected chi connectivity index (χ0v) is 21.1. The van der Waals surface area contributed by atoms with Crippen LogP contribution in [0.2, 0.25) is 0 Å². The second kappa shape index (κ2) is 12.0. The molecule has 192 valence electrons. The van der Waals surface area contributed by atoms with Gasteiger partial charge >= 0.3 is 5.97 Å². The Morgan fingerprint density at radius 3 is 2.75 bits per heavy atom. The summed E-state index contributed by atoms with van der Waals surface area (Å²) in [4.78, 5) is 22.4. The molecular formula is C27H31F2N3O3S. The number of thioether (sulfide) groups is 1. The summed E-state index contributed by atoms with van der Waals surface area (Å²) in [5.74, 6) is -0.183. The highest BCUT2D eigenvalue weighted by Crippen LogP contribution is 2.43. The van der Waals surface area contributed by atoms with Crippen molar-refractivity contribution in [2.45, 2.75) is 43.3 Å². The van der Waals surface area contributed by atoms with Crippen LogP contribution in [-0.4, -0.2) is 58.4 Å². The fraction of sp³-hybridized carbons (Fsp3) is 0.444. The molecular weight excluding hydrogens is 484 g/mol. The van der Waals surface area contributed by atoms with Gasteiger partial charge in [0.05, 0.1) is 30.3 Å². The zero-order chi connectivity index (χ0) is 25.5. The molecule has 1 saturated heterocycles. The molecule has 1 aromatic carbocycles. The molecule has 1 aliphatic heterocycles. The van der Waals surface area contributed by atoms with Crippen molar-refractivity contribution in [3.63, 3.8) is 0 Å². The van der Waals surface area contributed by atoms with Crippen molar-refractivity contribution < 1.29 is 23.4 Å². The van der Waals surface area contributed by atoms with Gasteiger partial charge in [-0.2, -0.15) is 0 Å². The lowest BCUT2D eigenvalue weighted by atomic mass is 9.71. The minimum atomic E-state index is -1.57. The minimum absolute atomic E-state index is 0.0103. The first kappa shape index (κ1) is 26.3. The second-order valence-corrected chi connectivity index (χ2v) is 10.5. The number of fused-ring (bicyclic) bond motifs is 1. The van der Waals surface area contributed by atoms with Gasteiger partial charge in [-0.05, 0) is 74.5 Å². The van der Waals surface area contributed by atoms with Gasteiger partial charge in [-0.3, -0.25) is 9.78 Å². The Kier molecular flexibility index (Phi) is 8.74. The quantitative estimate of drug-likeness (QED) is 0.318. The number of methoxy groups -OCH3 is 1. The molecule has 1 aliphatic rings. The molecule has 0 aliphatic carbocycles. The average molecular weight is 516 g/mol. The predicted molar refractivity (Wildman–Crippen MR) is 137 cm³/mol. The van der Waals surface area contributed by atoms with Gasteiger partial charge in [0.1, 0.15) is 17.7 Å². The maximum absolute atomic E-state index is 15.6. The van der Waals surface area contributed by atoms with Crippen LogP contribution in [0.1, 0.15) is 43.8 Å². The highest BCUT2D eigenvalue weighted by atomic mass is 32.2. The molecule has 3 aromatic rings. The third kappa shape index (κ3) is 6.50. The van der Waals surface area contributed by atoms with Crippen molar-refractivity contribution in [3.8, 4) is 5.75 Å². The maximum atomic E-state index is 15.6. The maximum Gasteiger partial charge on any atom is 0.303 e. The largest absolute Gasteiger partial charge is 0.497 e. The summed E-state index contributed by atoms with van der Waals surface area (Å²) < 4.78 is 35.5. The fourth-order valence-corrected chi connectivity index (χ4v) is 5.86. The fourth-order valence-electron chi connectivity index (χ4n) is 4.99. The molecule has 0 amide bonds. The standard InChI is InChI=1S/C27H31F2N3O3S/c1-35-19-5-6-23-20(16-19)26(22(29)18-31-23)21(28)7-8-27(17-25(33)34)9-12-32(13-10-27)14-15-36-24-4-2-3-11-30-24/h2-6,11,16,18,21H,7-10,12-15,17H2,1H3,(H,33,34). The first-order valence-corrected chi connectivity index (χ1v) is 13.1. The van der Waals surface area contributed by atoms with Crippen LogP contribution in [0.3, 0.4) is 0 Å². The lowest BCUT2D eigenvalue weighted by Gasteiger charge is -2.41. The van der Waals surface area contributed by atoms with E-state index >= 15 is 4.39 Å². The number of hydrogen-bond acceptors (Lipinski definition) is 6. The van der Waals surface area contributed by atoms with Crippen molar-refractivity contribution in [2.24, 2.45) is 5.41 Å². The summed E-state index contributed by atoms with van der Waals surface area (Å²) in [6.45, 7) is 2.40. The van der Waals surface area contributed by atoms with Crippen molar-refractivity contribution in [3.05, 3.63) is 60.2 Å². The lowest BCUT2D eigenvalue weighted by molar-refractivity contribution is -0.141. The SMILES string of the molecule is COc1ccc2ncc(F)c(C(F)CCC3(CC(=O)O)CCN(CCSc4ccccn4)CC3)c2c1. The Bertz CT molecular complexity index is 1170. The van der Waals surface area contributed by atoms with Gasteiger partial charge in [-0.25, -0.2) is 13.8 Å². The van der Waals surface area contributed by atoms with Crippen LogP contribution in [0.15, 0.2) is 53.8 Å². The lowest BCUT2D eigenvalue weighted by Crippen LogP contribution is -2.42. The number of aliphatic carboxylic acids is 1. The molecule has 0 bridgehead atoms. The first-order chi connectivity index (χ1) is 17.4. The molecule has 6 nitrogen and oxygen atoms in total. The smallest absolute Gasteiger partial charge is 0.303 e. The number of aromatic nitrogens is 2. The number of nitrogens with zero attached hydrogens (tertiary/aromatic N) is 3. The highest BCUT2D eigenvalue weighted by Gasteiger charge is 2.37. The second-order valence-electron chi connectivity index (χ2n) is 9.34. The van der Waals surface area contributed by atoms with E-state index < -0.39 is 23.4 Å². The van der Waals surface area contributed by atoms with Crippen LogP contribution >= 0.6 is 11.8 Å². The number of piperidine rings is 1. The topological polar surface area (TPSA) is 75.6 Å². The number of halogens is 2. The summed E-state index contributed by atoms with van der Waals surface area (Å²) in [7, 11) is 1.50. The van der Waals surface area contributed by atoms with E-state index in [1.165, 1.54) is 7.11 Å². The summed E-state index contributed by atoms with van der Waals surface area (Å²) in [6.07, 6.45) is 3.02. The van der Waals surface area contributed by atoms with E-state index in [0.29, 0.717) is 35.9 Å². The molecule has 1 atom stereocenters. The molecule has 0 saturated carbocycles. The predicted octanol–water partition coefficient (Wildman–Crippen LogP) is 5.92. The summed E-state index contributed by atoms with van der Waals surface area (Å²) in [5, 5.41) is 11.0. The van der Waals surface area contributed by atoms with Gasteiger partial charge in [-0.1, -0.05) is 6.07 Å². The summed E-state index contributed by atoms with van der Waals surface area (Å²) in [5.41, 5.74) is -0.0435. The number of carboxylic acid groups (broad SMARTS) is 1. The molecule has 1 unspecified atom stereocenters. The molecule has 4 rings (SSSR count). The van der Waals surface area contributed by atoms with Crippen LogP contribution in [0.5, 0.6) is 5.75 Å². The third-order valence-electron chi connectivity index (χ3n) is 7.05. The Hall–Kier alpha value is -2.78. The number of benzene rings is 1. The number of ether oxygens (including phenoxy) is 1. The summed E-state index contributed by atoms with van der Waals surface area (Å²) >= 11 is 1.70. The van der Waals surface area contributed by atoms with Gasteiger partial charge in [-0.15, -0.1) is 11.8 Å². The molecule has 0 spiro atoms. The van der Waals surface area contributed by atoms with Crippen molar-refractivity contribution >= 4 is 28.6 Å². The molecule has 1 fully saturated rings. The molecule has 0 radical (unpaired) electrons. The molecule has 36 heavy (non-hydrogen) atoms. The number of likely N-dealkylation sites (tertiary alicyclic amines) is 1. The van der Waals surface area contributed by atoms with E-state index in [1.807, 2.05) is 18.2 Å². The molecule has 3 heterocycles. The van der Waals surface area contributed by atoms with Crippen LogP contribution in [0.4, 0.5) is 8.78 Å². The van der Waals surface area contributed by atoms with Gasteiger partial charge in [0.2, 0.25) is 0 Å². The monoisotopic (exact) mass is 515 g/mol. The van der Waals surface area contributed by atoms with Crippen molar-refractivity contribution in [1.29, 1.82) is 0 Å². The van der Waals surface area contributed by atoms with E-state index in [4.69, 9.17) is 4.74 Å². The van der Waals surface area contributed by atoms with E-state index in [1.54, 1.807) is 36.2 Å². The number of carboxylic acids is 1. The Balaban J connectivity index is 1.39. The molecule has 1 N–H and O–H groups in total. The number of carbonyl (C=O) groups is 1. The minimum Gasteiger partial charge on any atom is -0.497 e.